The van der Waals surface area contributed by atoms with Crippen molar-refractivity contribution in [3.8, 4) is 0 Å². The van der Waals surface area contributed by atoms with Gasteiger partial charge in [0.1, 0.15) is 0 Å². The Labute approximate surface area is 241 Å². The minimum absolute atomic E-state index is 0. The van der Waals surface area contributed by atoms with Crippen molar-refractivity contribution in [2.75, 3.05) is 36.0 Å². The van der Waals surface area contributed by atoms with Crippen LogP contribution in [0.25, 0.3) is 0 Å². The normalized spacial score (nSPS) is 11.3. The molecule has 0 fully saturated rings. The predicted molar refractivity (Wildman–Crippen MR) is 148 cm³/mol. The summed E-state index contributed by atoms with van der Waals surface area (Å²) in [5.41, 5.74) is 7.07. The van der Waals surface area contributed by atoms with E-state index in [1.165, 1.54) is 6.07 Å². The van der Waals surface area contributed by atoms with E-state index in [9.17, 15) is 13.0 Å². The van der Waals surface area contributed by atoms with Crippen LogP contribution in [0.3, 0.4) is 0 Å². The molecule has 7 heteroatoms. The Balaban J connectivity index is 0.00000342. The molecule has 0 radical (unpaired) electrons. The van der Waals surface area contributed by atoms with E-state index in [1.54, 1.807) is 6.07 Å². The second-order valence-electron chi connectivity index (χ2n) is 8.87. The second-order valence-corrected chi connectivity index (χ2v) is 10.3. The van der Waals surface area contributed by atoms with Gasteiger partial charge in [0.05, 0.1) is 4.90 Å². The van der Waals surface area contributed by atoms with E-state index >= 15 is 0 Å². The van der Waals surface area contributed by atoms with Gasteiger partial charge in [-0.3, -0.25) is 4.55 Å². The van der Waals surface area contributed by atoms with Gasteiger partial charge in [-0.15, -0.1) is 0 Å². The van der Waals surface area contributed by atoms with Gasteiger partial charge in [0, 0.05) is 43.5 Å². The number of rotatable bonds is 10. The number of anilines is 2. The van der Waals surface area contributed by atoms with Crippen LogP contribution in [0.15, 0.2) is 65.6 Å². The van der Waals surface area contributed by atoms with E-state index in [1.807, 2.05) is 12.1 Å². The first-order chi connectivity index (χ1) is 16.7. The van der Waals surface area contributed by atoms with Gasteiger partial charge in [-0.2, -0.15) is 8.42 Å². The van der Waals surface area contributed by atoms with Crippen LogP contribution < -0.4 is 39.4 Å². The summed E-state index contributed by atoms with van der Waals surface area (Å²) in [4.78, 5) is 4.54. The smallest absolute Gasteiger partial charge is 1.00 e. The molecule has 0 aliphatic rings. The van der Waals surface area contributed by atoms with Crippen LogP contribution in [0.2, 0.25) is 0 Å². The number of hydrogen-bond donors (Lipinski definition) is 1. The Hall–Kier alpha value is -1.83. The van der Waals surface area contributed by atoms with E-state index in [2.05, 4.69) is 87.7 Å². The van der Waals surface area contributed by atoms with E-state index in [4.69, 9.17) is 0 Å². The van der Waals surface area contributed by atoms with Gasteiger partial charge in [-0.05, 0) is 99.7 Å². The van der Waals surface area contributed by atoms with Crippen LogP contribution in [0.5, 0.6) is 0 Å². The molecule has 0 spiro atoms. The third kappa shape index (κ3) is 6.53. The maximum Gasteiger partial charge on any atom is 1.00 e. The SMILES string of the molecule is CCN(CC)c1ccc(C(c2ccc(N(CC)CC)cc2C)c2ccccc2S(=O)(=O)O)c(C)c1.[H-].[Na+]. The fraction of sp³-hybridized carbons (Fsp3) is 0.379. The summed E-state index contributed by atoms with van der Waals surface area (Å²) in [5.74, 6) is -0.343. The molecule has 5 nitrogen and oxygen atoms in total. The fourth-order valence-corrected chi connectivity index (χ4v) is 5.73. The summed E-state index contributed by atoms with van der Waals surface area (Å²) in [6.45, 7) is 16.4. The molecule has 1 N–H and O–H groups in total. The molecule has 0 aliphatic heterocycles. The van der Waals surface area contributed by atoms with Gasteiger partial charge < -0.3 is 11.2 Å². The maximum absolute atomic E-state index is 12.4. The minimum atomic E-state index is -4.40. The zero-order valence-electron chi connectivity index (χ0n) is 23.7. The predicted octanol–water partition coefficient (Wildman–Crippen LogP) is 3.54. The molecule has 3 rings (SSSR count). The van der Waals surface area contributed by atoms with E-state index < -0.39 is 10.1 Å². The molecular formula is C29H39N2NaO3S. The third-order valence-corrected chi connectivity index (χ3v) is 7.82. The summed E-state index contributed by atoms with van der Waals surface area (Å²) in [6.07, 6.45) is 0. The number of aryl methyl sites for hydroxylation is 2. The molecule has 0 amide bonds. The molecule has 3 aromatic rings. The second kappa shape index (κ2) is 13.1. The molecule has 36 heavy (non-hydrogen) atoms. The Morgan fingerprint density at radius 1 is 0.722 bits per heavy atom. The van der Waals surface area contributed by atoms with Gasteiger partial charge in [0.25, 0.3) is 10.1 Å². The average molecular weight is 519 g/mol. The molecule has 0 aromatic heterocycles. The van der Waals surface area contributed by atoms with Crippen LogP contribution in [-0.2, 0) is 10.1 Å². The van der Waals surface area contributed by atoms with E-state index in [0.717, 1.165) is 59.8 Å². The molecule has 0 saturated heterocycles. The molecule has 3 aromatic carbocycles. The largest absolute Gasteiger partial charge is 1.00 e. The van der Waals surface area contributed by atoms with Gasteiger partial charge in [-0.1, -0.05) is 30.3 Å². The Morgan fingerprint density at radius 3 is 1.50 bits per heavy atom. The van der Waals surface area contributed by atoms with Crippen LogP contribution >= 0.6 is 0 Å². The summed E-state index contributed by atoms with van der Waals surface area (Å²) in [6, 6.07) is 19.5. The van der Waals surface area contributed by atoms with Crippen molar-refractivity contribution in [1.29, 1.82) is 0 Å². The van der Waals surface area contributed by atoms with Gasteiger partial charge in [0.2, 0.25) is 0 Å². The van der Waals surface area contributed by atoms with Gasteiger partial charge >= 0.3 is 29.6 Å². The number of hydrogen-bond acceptors (Lipinski definition) is 4. The van der Waals surface area contributed by atoms with Crippen molar-refractivity contribution in [1.82, 2.24) is 0 Å². The molecule has 0 heterocycles. The number of nitrogens with zero attached hydrogens (tertiary/aromatic N) is 2. The maximum atomic E-state index is 12.4. The standard InChI is InChI=1S/C29H38N2O3S.Na.H/c1-7-30(8-2)23-15-17-25(21(5)19-23)29(27-13-11-12-14-28(27)35(32,33)34)26-18-16-24(20-22(26)6)31(9-3)10-4;;/h11-20,29H,7-10H2,1-6H3,(H,32,33,34);;/q;+1;-1. The Kier molecular flexibility index (Phi) is 11.1. The van der Waals surface area contributed by atoms with Crippen molar-refractivity contribution >= 4 is 21.5 Å². The molecule has 0 bridgehead atoms. The number of benzene rings is 3. The van der Waals surface area contributed by atoms with Crippen LogP contribution in [0.1, 0.15) is 62.9 Å². The summed E-state index contributed by atoms with van der Waals surface area (Å²) < 4.78 is 34.8. The zero-order chi connectivity index (χ0) is 25.8. The molecular weight excluding hydrogens is 479 g/mol. The van der Waals surface area contributed by atoms with Gasteiger partial charge in [-0.25, -0.2) is 0 Å². The van der Waals surface area contributed by atoms with Crippen molar-refractivity contribution in [2.45, 2.75) is 52.4 Å². The van der Waals surface area contributed by atoms with Crippen molar-refractivity contribution in [2.24, 2.45) is 0 Å². The van der Waals surface area contributed by atoms with E-state index in [0.29, 0.717) is 5.56 Å². The summed E-state index contributed by atoms with van der Waals surface area (Å²) >= 11 is 0. The van der Waals surface area contributed by atoms with Crippen LogP contribution in [0, 0.1) is 13.8 Å². The summed E-state index contributed by atoms with van der Waals surface area (Å²) in [5, 5.41) is 0. The molecule has 0 saturated carbocycles. The first-order valence-corrected chi connectivity index (χ1v) is 13.9. The monoisotopic (exact) mass is 518 g/mol. The first-order valence-electron chi connectivity index (χ1n) is 12.4. The Bertz CT molecular complexity index is 1210. The Morgan fingerprint density at radius 2 is 1.14 bits per heavy atom. The first kappa shape index (κ1) is 30.4. The van der Waals surface area contributed by atoms with Gasteiger partial charge in [0.15, 0.2) is 0 Å². The third-order valence-electron chi connectivity index (χ3n) is 6.89. The van der Waals surface area contributed by atoms with Crippen molar-refractivity contribution in [3.05, 3.63) is 88.5 Å². The molecule has 0 atom stereocenters. The van der Waals surface area contributed by atoms with E-state index in [-0.39, 0.29) is 41.8 Å². The minimum Gasteiger partial charge on any atom is -1.00 e. The molecule has 190 valence electrons. The van der Waals surface area contributed by atoms with Crippen molar-refractivity contribution < 1.29 is 44.0 Å². The fourth-order valence-electron chi connectivity index (χ4n) is 4.99. The summed E-state index contributed by atoms with van der Waals surface area (Å²) in [7, 11) is -4.40. The quantitative estimate of drug-likeness (QED) is 0.253. The van der Waals surface area contributed by atoms with Crippen LogP contribution in [-0.4, -0.2) is 39.1 Å². The zero-order valence-corrected chi connectivity index (χ0v) is 25.6. The topological polar surface area (TPSA) is 60.9 Å². The van der Waals surface area contributed by atoms with Crippen LogP contribution in [0.4, 0.5) is 11.4 Å². The van der Waals surface area contributed by atoms with Crippen molar-refractivity contribution in [3.63, 3.8) is 0 Å². The molecule has 0 unspecified atom stereocenters. The molecule has 0 aliphatic carbocycles. The average Bonchev–Trinajstić information content (AvgIpc) is 2.83.